The summed E-state index contributed by atoms with van der Waals surface area (Å²) in [5.41, 5.74) is 0.346. The second kappa shape index (κ2) is 8.04. The number of carbonyl (C=O) groups is 1. The van der Waals surface area contributed by atoms with Crippen LogP contribution in [-0.4, -0.2) is 70.7 Å². The Bertz CT molecular complexity index is 786. The Hall–Kier alpha value is -1.84. The second-order valence-corrected chi connectivity index (χ2v) is 9.34. The van der Waals surface area contributed by atoms with Gasteiger partial charge in [0, 0.05) is 39.2 Å². The first-order valence-electron chi connectivity index (χ1n) is 9.09. The summed E-state index contributed by atoms with van der Waals surface area (Å²) in [4.78, 5) is 14.8. The first-order chi connectivity index (χ1) is 12.8. The average molecular weight is 397 g/mol. The third kappa shape index (κ3) is 4.53. The van der Waals surface area contributed by atoms with Crippen molar-refractivity contribution in [3.8, 4) is 5.75 Å². The molecule has 9 heteroatoms. The van der Waals surface area contributed by atoms with Gasteiger partial charge in [0.2, 0.25) is 10.0 Å². The van der Waals surface area contributed by atoms with E-state index in [2.05, 4.69) is 5.32 Å². The van der Waals surface area contributed by atoms with E-state index in [1.54, 1.807) is 6.07 Å². The number of methoxy groups -OCH3 is 1. The molecule has 1 aromatic carbocycles. The van der Waals surface area contributed by atoms with Crippen LogP contribution in [0.3, 0.4) is 0 Å². The number of hydrogen-bond acceptors (Lipinski definition) is 5. The largest absolute Gasteiger partial charge is 0.495 e. The summed E-state index contributed by atoms with van der Waals surface area (Å²) in [6.07, 6.45) is 2.94. The first kappa shape index (κ1) is 19.9. The van der Waals surface area contributed by atoms with Gasteiger partial charge in [-0.2, -0.15) is 0 Å². The van der Waals surface area contributed by atoms with Crippen LogP contribution in [-0.2, 0) is 14.8 Å². The molecular formula is C18H27N3O5S. The zero-order chi connectivity index (χ0) is 19.6. The highest BCUT2D eigenvalue weighted by atomic mass is 32.2. The van der Waals surface area contributed by atoms with Gasteiger partial charge in [-0.05, 0) is 37.5 Å². The van der Waals surface area contributed by atoms with E-state index in [-0.39, 0.29) is 17.0 Å². The van der Waals surface area contributed by atoms with Gasteiger partial charge in [0.15, 0.2) is 0 Å². The van der Waals surface area contributed by atoms with Crippen molar-refractivity contribution in [2.75, 3.05) is 46.3 Å². The van der Waals surface area contributed by atoms with E-state index in [1.807, 2.05) is 4.90 Å². The van der Waals surface area contributed by atoms with Crippen LogP contribution in [0, 0.1) is 5.92 Å². The maximum absolute atomic E-state index is 12.9. The van der Waals surface area contributed by atoms with Gasteiger partial charge in [0.1, 0.15) is 5.75 Å². The van der Waals surface area contributed by atoms with E-state index in [0.717, 1.165) is 30.2 Å². The lowest BCUT2D eigenvalue weighted by molar-refractivity contribution is 0.167. The fraction of sp³-hybridized carbons (Fsp3) is 0.611. The van der Waals surface area contributed by atoms with Crippen LogP contribution in [0.2, 0.25) is 0 Å². The highest BCUT2D eigenvalue weighted by Gasteiger charge is 2.35. The average Bonchev–Trinajstić information content (AvgIpc) is 3.34. The van der Waals surface area contributed by atoms with Gasteiger partial charge < -0.3 is 19.7 Å². The van der Waals surface area contributed by atoms with Gasteiger partial charge >= 0.3 is 6.03 Å². The zero-order valence-electron chi connectivity index (χ0n) is 16.0. The highest BCUT2D eigenvalue weighted by Crippen LogP contribution is 2.32. The van der Waals surface area contributed by atoms with E-state index in [0.29, 0.717) is 30.5 Å². The molecule has 150 valence electrons. The van der Waals surface area contributed by atoms with Crippen molar-refractivity contribution in [1.29, 1.82) is 0 Å². The van der Waals surface area contributed by atoms with E-state index in [4.69, 9.17) is 9.47 Å². The first-order valence-corrected chi connectivity index (χ1v) is 10.5. The Morgan fingerprint density at radius 2 is 2.04 bits per heavy atom. The molecule has 1 heterocycles. The smallest absolute Gasteiger partial charge is 0.322 e. The van der Waals surface area contributed by atoms with Crippen molar-refractivity contribution >= 4 is 21.7 Å². The molecule has 1 atom stereocenters. The Morgan fingerprint density at radius 3 is 2.59 bits per heavy atom. The van der Waals surface area contributed by atoms with Crippen molar-refractivity contribution in [2.45, 2.75) is 30.2 Å². The molecule has 1 N–H and O–H groups in total. The molecule has 2 fully saturated rings. The number of amides is 2. The van der Waals surface area contributed by atoms with Crippen LogP contribution < -0.4 is 10.1 Å². The Kier molecular flexibility index (Phi) is 5.92. The third-order valence-electron chi connectivity index (χ3n) is 4.92. The topological polar surface area (TPSA) is 88.2 Å². The second-order valence-electron chi connectivity index (χ2n) is 7.19. The number of hydrogen-bond donors (Lipinski definition) is 1. The SMILES string of the molecule is COc1ccc(S(=O)(=O)N(C)C)cc1NC(=O)N(CC1CCOC1)C1CC1. The predicted octanol–water partition coefficient (Wildman–Crippen LogP) is 1.98. The molecule has 1 aliphatic carbocycles. The number of anilines is 1. The number of sulfonamides is 1. The Morgan fingerprint density at radius 1 is 1.30 bits per heavy atom. The van der Waals surface area contributed by atoms with Gasteiger partial charge in [-0.15, -0.1) is 0 Å². The molecule has 0 bridgehead atoms. The summed E-state index contributed by atoms with van der Waals surface area (Å²) in [5, 5.41) is 2.85. The maximum atomic E-state index is 12.9. The van der Waals surface area contributed by atoms with Crippen molar-refractivity contribution < 1.29 is 22.7 Å². The third-order valence-corrected chi connectivity index (χ3v) is 6.73. The number of urea groups is 1. The van der Waals surface area contributed by atoms with Crippen molar-refractivity contribution in [2.24, 2.45) is 5.92 Å². The molecular weight excluding hydrogens is 370 g/mol. The summed E-state index contributed by atoms with van der Waals surface area (Å²) in [6, 6.07) is 4.47. The molecule has 0 spiro atoms. The summed E-state index contributed by atoms with van der Waals surface area (Å²) >= 11 is 0. The molecule has 1 aliphatic heterocycles. The molecule has 27 heavy (non-hydrogen) atoms. The number of nitrogens with zero attached hydrogens (tertiary/aromatic N) is 2. The van der Waals surface area contributed by atoms with Crippen LogP contribution in [0.25, 0.3) is 0 Å². The highest BCUT2D eigenvalue weighted by molar-refractivity contribution is 7.89. The van der Waals surface area contributed by atoms with Gasteiger partial charge in [-0.3, -0.25) is 0 Å². The van der Waals surface area contributed by atoms with Gasteiger partial charge in [-0.1, -0.05) is 0 Å². The lowest BCUT2D eigenvalue weighted by Gasteiger charge is -2.26. The fourth-order valence-corrected chi connectivity index (χ4v) is 4.06. The Labute approximate surface area is 160 Å². The van der Waals surface area contributed by atoms with Crippen LogP contribution in [0.1, 0.15) is 19.3 Å². The molecule has 1 aromatic rings. The minimum absolute atomic E-state index is 0.103. The number of ether oxygens (including phenoxy) is 2. The van der Waals surface area contributed by atoms with Crippen molar-refractivity contribution in [3.63, 3.8) is 0 Å². The molecule has 1 saturated heterocycles. The zero-order valence-corrected chi connectivity index (χ0v) is 16.8. The van der Waals surface area contributed by atoms with Crippen LogP contribution >= 0.6 is 0 Å². The van der Waals surface area contributed by atoms with Crippen molar-refractivity contribution in [1.82, 2.24) is 9.21 Å². The molecule has 8 nitrogen and oxygen atoms in total. The minimum atomic E-state index is -3.61. The molecule has 1 saturated carbocycles. The standard InChI is InChI=1S/C18H27N3O5S/c1-20(2)27(23,24)15-6-7-17(25-3)16(10-15)19-18(22)21(14-4-5-14)11-13-8-9-26-12-13/h6-7,10,13-14H,4-5,8-9,11-12H2,1-3H3,(H,19,22). The summed E-state index contributed by atoms with van der Waals surface area (Å²) in [7, 11) is 0.816. The number of carbonyl (C=O) groups excluding carboxylic acids is 1. The molecule has 3 rings (SSSR count). The van der Waals surface area contributed by atoms with E-state index < -0.39 is 10.0 Å². The van der Waals surface area contributed by atoms with Crippen molar-refractivity contribution in [3.05, 3.63) is 18.2 Å². The van der Waals surface area contributed by atoms with Gasteiger partial charge in [0.25, 0.3) is 0 Å². The van der Waals surface area contributed by atoms with Crippen LogP contribution in [0.5, 0.6) is 5.75 Å². The fourth-order valence-electron chi connectivity index (χ4n) is 3.13. The lowest BCUT2D eigenvalue weighted by Crippen LogP contribution is -2.40. The van der Waals surface area contributed by atoms with Gasteiger partial charge in [0.05, 0.1) is 24.3 Å². The summed E-state index contributed by atoms with van der Waals surface area (Å²) in [6.45, 7) is 2.06. The summed E-state index contributed by atoms with van der Waals surface area (Å²) in [5.74, 6) is 0.764. The van der Waals surface area contributed by atoms with E-state index in [9.17, 15) is 13.2 Å². The molecule has 2 amide bonds. The van der Waals surface area contributed by atoms with E-state index in [1.165, 1.54) is 33.3 Å². The molecule has 1 unspecified atom stereocenters. The van der Waals surface area contributed by atoms with E-state index >= 15 is 0 Å². The Balaban J connectivity index is 1.80. The summed E-state index contributed by atoms with van der Waals surface area (Å²) < 4.78 is 36.7. The normalized spacial score (nSPS) is 19.9. The number of benzene rings is 1. The molecule has 0 aromatic heterocycles. The molecule has 2 aliphatic rings. The van der Waals surface area contributed by atoms with Crippen LogP contribution in [0.15, 0.2) is 23.1 Å². The quantitative estimate of drug-likeness (QED) is 0.760. The minimum Gasteiger partial charge on any atom is -0.495 e. The number of rotatable bonds is 7. The number of nitrogens with one attached hydrogen (secondary N) is 1. The molecule has 0 radical (unpaired) electrons. The maximum Gasteiger partial charge on any atom is 0.322 e. The predicted molar refractivity (Wildman–Crippen MR) is 102 cm³/mol. The van der Waals surface area contributed by atoms with Gasteiger partial charge in [-0.25, -0.2) is 17.5 Å². The monoisotopic (exact) mass is 397 g/mol. The van der Waals surface area contributed by atoms with Crippen LogP contribution in [0.4, 0.5) is 10.5 Å². The lowest BCUT2D eigenvalue weighted by atomic mass is 10.1.